The molecule has 1 N–H and O–H groups in total. The van der Waals surface area contributed by atoms with Crippen LogP contribution in [0.3, 0.4) is 0 Å². The van der Waals surface area contributed by atoms with Crippen molar-refractivity contribution in [1.82, 2.24) is 19.5 Å². The van der Waals surface area contributed by atoms with E-state index in [1.54, 1.807) is 0 Å². The van der Waals surface area contributed by atoms with Crippen LogP contribution in [0, 0.1) is 0 Å². The van der Waals surface area contributed by atoms with Crippen molar-refractivity contribution in [3.8, 4) is 28.2 Å². The lowest BCUT2D eigenvalue weighted by Gasteiger charge is -2.42. The molecule has 0 amide bonds. The van der Waals surface area contributed by atoms with E-state index in [1.165, 1.54) is 38.7 Å². The number of H-pyrrole nitrogens is 1. The van der Waals surface area contributed by atoms with E-state index in [-0.39, 0.29) is 16.2 Å². The number of fused-ring (bicyclic) bond motifs is 6. The molecule has 6 aromatic carbocycles. The number of hydrogen-bond donors (Lipinski definition) is 1. The number of aromatic amines is 1. The number of nitrogens with zero attached hydrogens (tertiary/aromatic N) is 4. The molecule has 0 spiro atoms. The molecule has 1 aliphatic heterocycles. The SMILES string of the molecule is CC(C)(C)c1ccnc(N2c3cc(-c4cccc5c4nc(-c4cccc6c4[nH]c4ccccc46)n5-c4ccccc4)ccc3C(C)(C)c3ccc(C(C)(C)C)cc32)c1. The average molecular weight is 756 g/mol. The molecule has 0 bridgehead atoms. The first kappa shape index (κ1) is 35.9. The third-order valence-electron chi connectivity index (χ3n) is 12.3. The largest absolute Gasteiger partial charge is 0.354 e. The topological polar surface area (TPSA) is 49.7 Å². The monoisotopic (exact) mass is 755 g/mol. The van der Waals surface area contributed by atoms with Gasteiger partial charge in [0, 0.05) is 44.7 Å². The summed E-state index contributed by atoms with van der Waals surface area (Å²) in [5.41, 5.74) is 15.7. The van der Waals surface area contributed by atoms with Crippen molar-refractivity contribution < 1.29 is 0 Å². The number of imidazole rings is 1. The Morgan fingerprint density at radius 2 is 1.24 bits per heavy atom. The van der Waals surface area contributed by atoms with E-state index in [4.69, 9.17) is 9.97 Å². The zero-order chi connectivity index (χ0) is 40.1. The van der Waals surface area contributed by atoms with Crippen LogP contribution in [0.25, 0.3) is 61.0 Å². The molecule has 5 heteroatoms. The molecular formula is C53H49N5. The molecule has 58 heavy (non-hydrogen) atoms. The first-order valence-corrected chi connectivity index (χ1v) is 20.4. The van der Waals surface area contributed by atoms with Crippen molar-refractivity contribution in [2.24, 2.45) is 0 Å². The summed E-state index contributed by atoms with van der Waals surface area (Å²) in [5, 5.41) is 2.40. The van der Waals surface area contributed by atoms with Gasteiger partial charge in [0.15, 0.2) is 0 Å². The number of aromatic nitrogens is 4. The Hall–Kier alpha value is -6.46. The van der Waals surface area contributed by atoms with Gasteiger partial charge in [0.25, 0.3) is 0 Å². The smallest absolute Gasteiger partial charge is 0.147 e. The van der Waals surface area contributed by atoms with E-state index in [1.807, 2.05) is 6.20 Å². The van der Waals surface area contributed by atoms with Gasteiger partial charge in [0.05, 0.1) is 27.9 Å². The van der Waals surface area contributed by atoms with Crippen LogP contribution in [0.15, 0.2) is 146 Å². The maximum absolute atomic E-state index is 5.60. The van der Waals surface area contributed by atoms with E-state index >= 15 is 0 Å². The van der Waals surface area contributed by atoms with Crippen LogP contribution in [0.5, 0.6) is 0 Å². The van der Waals surface area contributed by atoms with Crippen molar-refractivity contribution in [1.29, 1.82) is 0 Å². The molecule has 4 heterocycles. The van der Waals surface area contributed by atoms with Gasteiger partial charge in [-0.25, -0.2) is 9.97 Å². The third-order valence-corrected chi connectivity index (χ3v) is 12.3. The van der Waals surface area contributed by atoms with Gasteiger partial charge in [-0.2, -0.15) is 0 Å². The minimum absolute atomic E-state index is 0.0181. The molecule has 0 fully saturated rings. The summed E-state index contributed by atoms with van der Waals surface area (Å²) in [6.07, 6.45) is 1.97. The molecule has 0 saturated carbocycles. The van der Waals surface area contributed by atoms with Crippen LogP contribution in [-0.4, -0.2) is 19.5 Å². The van der Waals surface area contributed by atoms with E-state index in [2.05, 4.69) is 209 Å². The second kappa shape index (κ2) is 12.8. The minimum atomic E-state index is -0.246. The fourth-order valence-corrected chi connectivity index (χ4v) is 9.06. The molecule has 9 aromatic rings. The second-order valence-electron chi connectivity index (χ2n) is 18.5. The van der Waals surface area contributed by atoms with Crippen molar-refractivity contribution in [2.75, 3.05) is 4.90 Å². The summed E-state index contributed by atoms with van der Waals surface area (Å²) in [5.74, 6) is 1.83. The van der Waals surface area contributed by atoms with Gasteiger partial charge in [0.2, 0.25) is 0 Å². The lowest BCUT2D eigenvalue weighted by atomic mass is 9.72. The van der Waals surface area contributed by atoms with Crippen LogP contribution >= 0.6 is 0 Å². The fourth-order valence-electron chi connectivity index (χ4n) is 9.06. The zero-order valence-corrected chi connectivity index (χ0v) is 34.6. The Balaban J connectivity index is 1.23. The Kier molecular flexibility index (Phi) is 7.91. The Morgan fingerprint density at radius 3 is 2.02 bits per heavy atom. The number of anilines is 3. The van der Waals surface area contributed by atoms with Gasteiger partial charge in [0.1, 0.15) is 11.6 Å². The van der Waals surface area contributed by atoms with E-state index in [0.717, 1.165) is 61.8 Å². The predicted molar refractivity (Wildman–Crippen MR) is 243 cm³/mol. The van der Waals surface area contributed by atoms with Gasteiger partial charge in [-0.15, -0.1) is 0 Å². The highest BCUT2D eigenvalue weighted by Gasteiger charge is 2.39. The van der Waals surface area contributed by atoms with E-state index in [0.29, 0.717) is 0 Å². The molecule has 0 atom stereocenters. The van der Waals surface area contributed by atoms with E-state index < -0.39 is 0 Å². The molecule has 1 aliphatic rings. The highest BCUT2D eigenvalue weighted by atomic mass is 15.2. The molecule has 0 radical (unpaired) electrons. The highest BCUT2D eigenvalue weighted by molar-refractivity contribution is 6.12. The highest BCUT2D eigenvalue weighted by Crippen LogP contribution is 2.53. The van der Waals surface area contributed by atoms with Crippen molar-refractivity contribution in [3.63, 3.8) is 0 Å². The summed E-state index contributed by atoms with van der Waals surface area (Å²) in [7, 11) is 0. The number of para-hydroxylation sites is 4. The summed E-state index contributed by atoms with van der Waals surface area (Å²) >= 11 is 0. The van der Waals surface area contributed by atoms with Crippen LogP contribution in [0.2, 0.25) is 0 Å². The summed E-state index contributed by atoms with van der Waals surface area (Å²) < 4.78 is 2.32. The van der Waals surface area contributed by atoms with Gasteiger partial charge < -0.3 is 4.98 Å². The molecule has 0 aliphatic carbocycles. The number of nitrogens with one attached hydrogen (secondary N) is 1. The van der Waals surface area contributed by atoms with Crippen molar-refractivity contribution in [2.45, 2.75) is 71.6 Å². The molecular weight excluding hydrogens is 707 g/mol. The lowest BCUT2D eigenvalue weighted by molar-refractivity contribution is 0.585. The maximum Gasteiger partial charge on any atom is 0.147 e. The summed E-state index contributed by atoms with van der Waals surface area (Å²) in [6, 6.07) is 50.8. The van der Waals surface area contributed by atoms with E-state index in [9.17, 15) is 0 Å². The normalized spacial score (nSPS) is 14.0. The standard InChI is InChI=1S/C53H49N5/c1-51(2,3)34-25-27-42-46(31-34)58(47-32-35(28-29-54-47)52(4,5)6)45-30-33(24-26-41(45)53(42,7)8)37-19-15-23-44-49(37)56-50(57(44)36-16-10-9-11-17-36)40-21-14-20-39-38-18-12-13-22-43(38)55-48(39)40/h9-32,55H,1-8H3. The van der Waals surface area contributed by atoms with Gasteiger partial charge >= 0.3 is 0 Å². The molecule has 10 rings (SSSR count). The predicted octanol–water partition coefficient (Wildman–Crippen LogP) is 14.1. The number of pyridine rings is 1. The number of hydrogen-bond acceptors (Lipinski definition) is 3. The number of rotatable bonds is 4. The van der Waals surface area contributed by atoms with Gasteiger partial charge in [-0.1, -0.05) is 140 Å². The van der Waals surface area contributed by atoms with Crippen molar-refractivity contribution in [3.05, 3.63) is 168 Å². The van der Waals surface area contributed by atoms with Crippen LogP contribution in [-0.2, 0) is 16.2 Å². The quantitative estimate of drug-likeness (QED) is 0.195. The maximum atomic E-state index is 5.60. The first-order valence-electron chi connectivity index (χ1n) is 20.4. The van der Waals surface area contributed by atoms with Crippen LogP contribution in [0.1, 0.15) is 77.6 Å². The first-order chi connectivity index (χ1) is 27.8. The average Bonchev–Trinajstić information content (AvgIpc) is 3.79. The minimum Gasteiger partial charge on any atom is -0.354 e. The molecule has 3 aromatic heterocycles. The summed E-state index contributed by atoms with van der Waals surface area (Å²) in [6.45, 7) is 18.4. The molecule has 0 saturated heterocycles. The molecule has 0 unspecified atom stereocenters. The summed E-state index contributed by atoms with van der Waals surface area (Å²) in [4.78, 5) is 16.9. The Bertz CT molecular complexity index is 3060. The Labute approximate surface area is 341 Å². The molecule has 286 valence electrons. The van der Waals surface area contributed by atoms with Crippen LogP contribution in [0.4, 0.5) is 17.2 Å². The lowest BCUT2D eigenvalue weighted by Crippen LogP contribution is -2.31. The van der Waals surface area contributed by atoms with Crippen molar-refractivity contribution >= 4 is 50.0 Å². The fraction of sp³-hybridized carbons (Fsp3) is 0.208. The third kappa shape index (κ3) is 5.59. The van der Waals surface area contributed by atoms with Gasteiger partial charge in [-0.3, -0.25) is 9.47 Å². The Morgan fingerprint density at radius 1 is 0.586 bits per heavy atom. The second-order valence-corrected chi connectivity index (χ2v) is 18.5. The zero-order valence-electron chi connectivity index (χ0n) is 34.6. The van der Waals surface area contributed by atoms with Gasteiger partial charge in [-0.05, 0) is 93.2 Å². The molecule has 5 nitrogen and oxygen atoms in total. The van der Waals surface area contributed by atoms with Crippen LogP contribution < -0.4 is 4.90 Å². The number of benzene rings is 6.